The van der Waals surface area contributed by atoms with Crippen molar-refractivity contribution in [1.82, 2.24) is 9.97 Å². The van der Waals surface area contributed by atoms with E-state index in [9.17, 15) is 0 Å². The van der Waals surface area contributed by atoms with Crippen LogP contribution in [0.25, 0.3) is 0 Å². The van der Waals surface area contributed by atoms with Gasteiger partial charge in [-0.3, -0.25) is 0 Å². The fourth-order valence-electron chi connectivity index (χ4n) is 2.33. The van der Waals surface area contributed by atoms with Crippen molar-refractivity contribution >= 4 is 29.1 Å². The van der Waals surface area contributed by atoms with Crippen molar-refractivity contribution in [2.45, 2.75) is 50.7 Å². The van der Waals surface area contributed by atoms with E-state index in [0.717, 1.165) is 36.0 Å². The zero-order valence-corrected chi connectivity index (χ0v) is 14.4. The topological polar surface area (TPSA) is 29.0 Å². The van der Waals surface area contributed by atoms with Crippen LogP contribution in [0.4, 0.5) is 5.69 Å². The molecular formula is C15H24ClN3S. The van der Waals surface area contributed by atoms with E-state index in [1.807, 2.05) is 18.0 Å². The molecule has 1 aliphatic rings. The Balaban J connectivity index is 2.23. The van der Waals surface area contributed by atoms with Gasteiger partial charge in [-0.2, -0.15) is 11.8 Å². The molecule has 0 amide bonds. The van der Waals surface area contributed by atoms with Crippen molar-refractivity contribution in [3.8, 4) is 0 Å². The number of hydrogen-bond donors (Lipinski definition) is 0. The van der Waals surface area contributed by atoms with Gasteiger partial charge in [-0.15, -0.1) is 11.6 Å². The molecule has 2 heterocycles. The molecule has 0 N–H and O–H groups in total. The van der Waals surface area contributed by atoms with Crippen LogP contribution in [0, 0.1) is 0 Å². The van der Waals surface area contributed by atoms with Crippen LogP contribution in [0.5, 0.6) is 0 Å². The van der Waals surface area contributed by atoms with Crippen LogP contribution in [0.2, 0.25) is 0 Å². The molecule has 5 heteroatoms. The monoisotopic (exact) mass is 313 g/mol. The molecule has 1 fully saturated rings. The summed E-state index contributed by atoms with van der Waals surface area (Å²) >= 11 is 8.15. The Morgan fingerprint density at radius 1 is 1.40 bits per heavy atom. The molecule has 112 valence electrons. The van der Waals surface area contributed by atoms with Gasteiger partial charge in [0.2, 0.25) is 0 Å². The fraction of sp³-hybridized carbons (Fsp3) is 0.733. The van der Waals surface area contributed by atoms with Gasteiger partial charge in [-0.05, 0) is 6.42 Å². The summed E-state index contributed by atoms with van der Waals surface area (Å²) in [4.78, 5) is 11.5. The van der Waals surface area contributed by atoms with Gasteiger partial charge in [0.15, 0.2) is 0 Å². The highest BCUT2D eigenvalue weighted by Gasteiger charge is 2.25. The summed E-state index contributed by atoms with van der Waals surface area (Å²) in [6.45, 7) is 11.0. The smallest absolute Gasteiger partial charge is 0.131 e. The molecule has 20 heavy (non-hydrogen) atoms. The molecule has 0 aliphatic carbocycles. The number of halogens is 1. The average Bonchev–Trinajstić information content (AvgIpc) is 2.59. The van der Waals surface area contributed by atoms with Gasteiger partial charge in [0.25, 0.3) is 0 Å². The van der Waals surface area contributed by atoms with E-state index in [4.69, 9.17) is 11.6 Å². The van der Waals surface area contributed by atoms with Gasteiger partial charge >= 0.3 is 0 Å². The molecule has 0 atom stereocenters. The second-order valence-electron chi connectivity index (χ2n) is 6.19. The Hall–Kier alpha value is -0.480. The molecule has 0 saturated carbocycles. The minimum Gasteiger partial charge on any atom is -0.368 e. The molecule has 0 unspecified atom stereocenters. The van der Waals surface area contributed by atoms with Crippen LogP contribution >= 0.6 is 23.4 Å². The lowest BCUT2D eigenvalue weighted by atomic mass is 10.1. The van der Waals surface area contributed by atoms with E-state index in [1.54, 1.807) is 0 Å². The molecule has 0 aromatic carbocycles. The van der Waals surface area contributed by atoms with Crippen molar-refractivity contribution in [2.24, 2.45) is 0 Å². The third kappa shape index (κ3) is 3.79. The van der Waals surface area contributed by atoms with Gasteiger partial charge in [0.05, 0.1) is 23.5 Å². The number of aromatic nitrogens is 2. The number of thioether (sulfide) groups is 1. The van der Waals surface area contributed by atoms with E-state index in [2.05, 4.69) is 42.6 Å². The first kappa shape index (κ1) is 15.9. The number of anilines is 1. The Morgan fingerprint density at radius 3 is 2.80 bits per heavy atom. The lowest BCUT2D eigenvalue weighted by Crippen LogP contribution is -2.28. The third-order valence-corrected chi connectivity index (χ3v) is 5.31. The van der Waals surface area contributed by atoms with Gasteiger partial charge in [0, 0.05) is 29.5 Å². The highest BCUT2D eigenvalue weighted by molar-refractivity contribution is 8.00. The Kier molecular flexibility index (Phi) is 5.19. The first-order valence-electron chi connectivity index (χ1n) is 7.23. The molecule has 0 bridgehead atoms. The first-order chi connectivity index (χ1) is 9.43. The Bertz CT molecular complexity index is 462. The van der Waals surface area contributed by atoms with Crippen molar-refractivity contribution in [2.75, 3.05) is 23.7 Å². The molecule has 0 radical (unpaired) electrons. The largest absolute Gasteiger partial charge is 0.368 e. The average molecular weight is 314 g/mol. The van der Waals surface area contributed by atoms with Gasteiger partial charge < -0.3 is 4.90 Å². The maximum absolute atomic E-state index is 6.10. The number of hydrogen-bond acceptors (Lipinski definition) is 4. The highest BCUT2D eigenvalue weighted by atomic mass is 35.5. The second kappa shape index (κ2) is 6.52. The highest BCUT2D eigenvalue weighted by Crippen LogP contribution is 2.33. The number of rotatable bonds is 3. The molecule has 0 spiro atoms. The van der Waals surface area contributed by atoms with Crippen LogP contribution < -0.4 is 4.90 Å². The Labute approximate surface area is 131 Å². The van der Waals surface area contributed by atoms with Crippen molar-refractivity contribution in [1.29, 1.82) is 0 Å². The summed E-state index contributed by atoms with van der Waals surface area (Å²) < 4.78 is 0.356. The molecule has 1 aromatic heterocycles. The predicted octanol–water partition coefficient (Wildman–Crippen LogP) is 4.06. The minimum atomic E-state index is 0.338. The molecular weight excluding hydrogens is 290 g/mol. The summed E-state index contributed by atoms with van der Waals surface area (Å²) in [7, 11) is 0. The Morgan fingerprint density at radius 2 is 2.15 bits per heavy atom. The standard InChI is InChI=1S/C15H24ClN3S/c1-11(2)14-17-10-13(12(9-16)18-14)19-6-5-15(3,4)20-8-7-19/h10-11H,5-9H2,1-4H3. The SMILES string of the molecule is CC(C)c1ncc(N2CCSC(C)(C)CC2)c(CCl)n1. The van der Waals surface area contributed by atoms with Gasteiger partial charge in [-0.25, -0.2) is 9.97 Å². The molecule has 2 rings (SSSR count). The summed E-state index contributed by atoms with van der Waals surface area (Å²) in [6.07, 6.45) is 3.13. The maximum Gasteiger partial charge on any atom is 0.131 e. The van der Waals surface area contributed by atoms with E-state index < -0.39 is 0 Å². The quantitative estimate of drug-likeness (QED) is 0.787. The first-order valence-corrected chi connectivity index (χ1v) is 8.75. The minimum absolute atomic E-state index is 0.338. The lowest BCUT2D eigenvalue weighted by molar-refractivity contribution is 0.635. The van der Waals surface area contributed by atoms with Crippen LogP contribution in [0.15, 0.2) is 6.20 Å². The number of alkyl halides is 1. The van der Waals surface area contributed by atoms with E-state index in [-0.39, 0.29) is 0 Å². The second-order valence-corrected chi connectivity index (χ2v) is 8.26. The van der Waals surface area contributed by atoms with Crippen LogP contribution in [0.1, 0.15) is 51.6 Å². The fourth-order valence-corrected chi connectivity index (χ4v) is 3.62. The zero-order chi connectivity index (χ0) is 14.8. The van der Waals surface area contributed by atoms with Crippen molar-refractivity contribution in [3.63, 3.8) is 0 Å². The maximum atomic E-state index is 6.10. The van der Waals surface area contributed by atoms with Gasteiger partial charge in [-0.1, -0.05) is 27.7 Å². The van der Waals surface area contributed by atoms with Gasteiger partial charge in [0.1, 0.15) is 5.82 Å². The summed E-state index contributed by atoms with van der Waals surface area (Å²) in [5, 5.41) is 0. The normalized spacial score (nSPS) is 19.2. The van der Waals surface area contributed by atoms with Crippen LogP contribution in [0.3, 0.4) is 0 Å². The third-order valence-electron chi connectivity index (χ3n) is 3.69. The zero-order valence-electron chi connectivity index (χ0n) is 12.8. The van der Waals surface area contributed by atoms with E-state index >= 15 is 0 Å². The number of nitrogens with zero attached hydrogens (tertiary/aromatic N) is 3. The van der Waals surface area contributed by atoms with E-state index in [0.29, 0.717) is 16.5 Å². The molecule has 1 saturated heterocycles. The molecule has 3 nitrogen and oxygen atoms in total. The lowest BCUT2D eigenvalue weighted by Gasteiger charge is -2.25. The summed E-state index contributed by atoms with van der Waals surface area (Å²) in [6, 6.07) is 0. The predicted molar refractivity (Wildman–Crippen MR) is 89.0 cm³/mol. The van der Waals surface area contributed by atoms with Crippen LogP contribution in [-0.2, 0) is 5.88 Å². The van der Waals surface area contributed by atoms with Crippen molar-refractivity contribution < 1.29 is 0 Å². The summed E-state index contributed by atoms with van der Waals surface area (Å²) in [5.41, 5.74) is 2.08. The van der Waals surface area contributed by atoms with Crippen LogP contribution in [-0.4, -0.2) is 33.6 Å². The summed E-state index contributed by atoms with van der Waals surface area (Å²) in [5.74, 6) is 2.81. The van der Waals surface area contributed by atoms with E-state index in [1.165, 1.54) is 6.42 Å². The van der Waals surface area contributed by atoms with Crippen molar-refractivity contribution in [3.05, 3.63) is 17.7 Å². The molecule has 1 aromatic rings. The molecule has 1 aliphatic heterocycles.